The second-order valence-electron chi connectivity index (χ2n) is 9.88. The van der Waals surface area contributed by atoms with Crippen molar-refractivity contribution < 1.29 is 22.7 Å². The Labute approximate surface area is 252 Å². The molecule has 0 heterocycles. The number of sulfonamides is 1. The second-order valence-corrected chi connectivity index (χ2v) is 12.6. The number of carbonyl (C=O) groups excluding carboxylic acids is 2. The van der Waals surface area contributed by atoms with E-state index in [1.807, 2.05) is 20.8 Å². The van der Waals surface area contributed by atoms with Gasteiger partial charge in [0.25, 0.3) is 10.0 Å². The van der Waals surface area contributed by atoms with Crippen molar-refractivity contribution in [3.05, 3.63) is 87.9 Å². The number of methoxy groups -OCH3 is 1. The maximum absolute atomic E-state index is 14.1. The van der Waals surface area contributed by atoms with Crippen molar-refractivity contribution in [2.75, 3.05) is 18.0 Å². The first-order chi connectivity index (χ1) is 19.4. The Morgan fingerprint density at radius 2 is 1.59 bits per heavy atom. The number of hydrogen-bond donors (Lipinski definition) is 1. The first-order valence-corrected chi connectivity index (χ1v) is 15.3. The summed E-state index contributed by atoms with van der Waals surface area (Å²) in [6, 6.07) is 16.8. The minimum Gasteiger partial charge on any atom is -0.497 e. The molecule has 3 aromatic rings. The summed E-state index contributed by atoms with van der Waals surface area (Å²) < 4.78 is 34.1. The summed E-state index contributed by atoms with van der Waals surface area (Å²) in [5.74, 6) is -0.244. The minimum atomic E-state index is -4.22. The third-order valence-corrected chi connectivity index (χ3v) is 8.93. The Balaban J connectivity index is 2.08. The summed E-state index contributed by atoms with van der Waals surface area (Å²) >= 11 is 12.4. The summed E-state index contributed by atoms with van der Waals surface area (Å²) in [5.41, 5.74) is 1.79. The highest BCUT2D eigenvalue weighted by Crippen LogP contribution is 2.31. The zero-order chi connectivity index (χ0) is 30.3. The van der Waals surface area contributed by atoms with E-state index in [1.54, 1.807) is 50.4 Å². The third kappa shape index (κ3) is 8.15. The lowest BCUT2D eigenvalue weighted by molar-refractivity contribution is -0.140. The summed E-state index contributed by atoms with van der Waals surface area (Å²) in [7, 11) is -2.66. The van der Waals surface area contributed by atoms with Gasteiger partial charge in [-0.1, -0.05) is 60.0 Å². The van der Waals surface area contributed by atoms with E-state index >= 15 is 0 Å². The molecule has 0 aliphatic heterocycles. The highest BCUT2D eigenvalue weighted by atomic mass is 35.5. The molecule has 0 saturated heterocycles. The largest absolute Gasteiger partial charge is 0.497 e. The monoisotopic (exact) mass is 619 g/mol. The Kier molecular flexibility index (Phi) is 11.1. The lowest BCUT2D eigenvalue weighted by atomic mass is 10.1. The Morgan fingerprint density at radius 3 is 2.12 bits per heavy atom. The van der Waals surface area contributed by atoms with Gasteiger partial charge in [-0.3, -0.25) is 13.9 Å². The van der Waals surface area contributed by atoms with Crippen LogP contribution in [-0.4, -0.2) is 50.9 Å². The number of rotatable bonds is 12. The van der Waals surface area contributed by atoms with Crippen LogP contribution < -0.4 is 14.4 Å². The average Bonchev–Trinajstić information content (AvgIpc) is 2.93. The van der Waals surface area contributed by atoms with Crippen LogP contribution in [0.2, 0.25) is 10.0 Å². The molecule has 1 N–H and O–H groups in total. The van der Waals surface area contributed by atoms with E-state index in [0.29, 0.717) is 12.2 Å². The van der Waals surface area contributed by atoms with Crippen LogP contribution in [0.1, 0.15) is 38.3 Å². The van der Waals surface area contributed by atoms with Crippen molar-refractivity contribution in [3.63, 3.8) is 0 Å². The molecule has 2 amide bonds. The fourth-order valence-electron chi connectivity index (χ4n) is 4.23. The molecule has 0 aliphatic rings. The molecule has 41 heavy (non-hydrogen) atoms. The predicted octanol–water partition coefficient (Wildman–Crippen LogP) is 5.84. The smallest absolute Gasteiger partial charge is 0.264 e. The van der Waals surface area contributed by atoms with E-state index in [1.165, 1.54) is 35.2 Å². The lowest BCUT2D eigenvalue weighted by Gasteiger charge is -2.33. The van der Waals surface area contributed by atoms with Crippen LogP contribution in [0.4, 0.5) is 5.69 Å². The SMILES string of the molecule is CC[C@@H](C(=O)NC(C)C)N(Cc1ccc(OC)cc1)C(=O)CN(c1ccc(Cl)c(Cl)c1)S(=O)(=O)c1ccc(C)cc1. The van der Waals surface area contributed by atoms with Crippen LogP contribution in [-0.2, 0) is 26.2 Å². The fraction of sp³-hybridized carbons (Fsp3) is 0.333. The van der Waals surface area contributed by atoms with Crippen LogP contribution in [0.3, 0.4) is 0 Å². The van der Waals surface area contributed by atoms with Crippen LogP contribution in [0.5, 0.6) is 5.75 Å². The first kappa shape index (κ1) is 32.2. The van der Waals surface area contributed by atoms with Gasteiger partial charge in [-0.25, -0.2) is 8.42 Å². The topological polar surface area (TPSA) is 96.0 Å². The number of nitrogens with one attached hydrogen (secondary N) is 1. The Bertz CT molecular complexity index is 1460. The molecule has 0 unspecified atom stereocenters. The molecule has 1 atom stereocenters. The molecular formula is C30H35Cl2N3O5S. The van der Waals surface area contributed by atoms with Crippen LogP contribution >= 0.6 is 23.2 Å². The number of aryl methyl sites for hydroxylation is 1. The van der Waals surface area contributed by atoms with Gasteiger partial charge < -0.3 is 15.0 Å². The number of benzene rings is 3. The number of carbonyl (C=O) groups is 2. The van der Waals surface area contributed by atoms with Crippen LogP contribution in [0.15, 0.2) is 71.6 Å². The summed E-state index contributed by atoms with van der Waals surface area (Å²) in [6.45, 7) is 6.82. The van der Waals surface area contributed by atoms with E-state index in [-0.39, 0.29) is 39.1 Å². The summed E-state index contributed by atoms with van der Waals surface area (Å²) in [6.07, 6.45) is 0.317. The number of halogens is 2. The molecule has 0 aromatic heterocycles. The molecule has 0 spiro atoms. The Hall–Kier alpha value is -3.27. The molecule has 3 rings (SSSR count). The number of hydrogen-bond acceptors (Lipinski definition) is 5. The van der Waals surface area contributed by atoms with Crippen molar-refractivity contribution in [3.8, 4) is 5.75 Å². The highest BCUT2D eigenvalue weighted by molar-refractivity contribution is 7.92. The predicted molar refractivity (Wildman–Crippen MR) is 163 cm³/mol. The van der Waals surface area contributed by atoms with Gasteiger partial charge in [-0.15, -0.1) is 0 Å². The average molecular weight is 621 g/mol. The standard InChI is InChI=1S/C30H35Cl2N3O5S/c1-6-28(30(37)33-20(2)3)34(18-22-9-12-24(40-5)13-10-22)29(36)19-35(23-11-16-26(31)27(32)17-23)41(38,39)25-14-7-21(4)8-15-25/h7-17,20,28H,6,18-19H2,1-5H3,(H,33,37)/t28-/m0/s1. The van der Waals surface area contributed by atoms with Crippen molar-refractivity contribution in [1.29, 1.82) is 0 Å². The molecule has 0 bridgehead atoms. The zero-order valence-electron chi connectivity index (χ0n) is 23.7. The summed E-state index contributed by atoms with van der Waals surface area (Å²) in [5, 5.41) is 3.26. The van der Waals surface area contributed by atoms with E-state index in [4.69, 9.17) is 27.9 Å². The number of nitrogens with zero attached hydrogens (tertiary/aromatic N) is 2. The molecule has 3 aromatic carbocycles. The lowest BCUT2D eigenvalue weighted by Crippen LogP contribution is -2.53. The van der Waals surface area contributed by atoms with E-state index in [9.17, 15) is 18.0 Å². The van der Waals surface area contributed by atoms with Crippen LogP contribution in [0, 0.1) is 6.92 Å². The summed E-state index contributed by atoms with van der Waals surface area (Å²) in [4.78, 5) is 28.7. The third-order valence-electron chi connectivity index (χ3n) is 6.41. The van der Waals surface area contributed by atoms with Gasteiger partial charge in [-0.2, -0.15) is 0 Å². The zero-order valence-corrected chi connectivity index (χ0v) is 26.1. The van der Waals surface area contributed by atoms with E-state index in [2.05, 4.69) is 5.32 Å². The molecule has 11 heteroatoms. The molecule has 0 saturated carbocycles. The van der Waals surface area contributed by atoms with Gasteiger partial charge in [0.1, 0.15) is 18.3 Å². The van der Waals surface area contributed by atoms with Gasteiger partial charge >= 0.3 is 0 Å². The van der Waals surface area contributed by atoms with Crippen molar-refractivity contribution in [2.24, 2.45) is 0 Å². The van der Waals surface area contributed by atoms with Crippen molar-refractivity contribution in [1.82, 2.24) is 10.2 Å². The van der Waals surface area contributed by atoms with E-state index < -0.39 is 28.5 Å². The van der Waals surface area contributed by atoms with Crippen molar-refractivity contribution in [2.45, 2.75) is 57.6 Å². The molecule has 8 nitrogen and oxygen atoms in total. The number of anilines is 1. The van der Waals surface area contributed by atoms with Gasteiger partial charge in [0.2, 0.25) is 11.8 Å². The maximum Gasteiger partial charge on any atom is 0.264 e. The van der Waals surface area contributed by atoms with Crippen molar-refractivity contribution >= 4 is 50.7 Å². The van der Waals surface area contributed by atoms with Gasteiger partial charge in [0.15, 0.2) is 0 Å². The Morgan fingerprint density at radius 1 is 0.951 bits per heavy atom. The molecule has 0 radical (unpaired) electrons. The quantitative estimate of drug-likeness (QED) is 0.275. The van der Waals surface area contributed by atoms with Crippen LogP contribution in [0.25, 0.3) is 0 Å². The molecule has 0 aliphatic carbocycles. The number of amides is 2. The minimum absolute atomic E-state index is 0.00766. The second kappa shape index (κ2) is 14.1. The van der Waals surface area contributed by atoms with E-state index in [0.717, 1.165) is 15.4 Å². The number of ether oxygens (including phenoxy) is 1. The van der Waals surface area contributed by atoms with Gasteiger partial charge in [-0.05, 0) is 75.2 Å². The highest BCUT2D eigenvalue weighted by Gasteiger charge is 2.34. The normalized spacial score (nSPS) is 12.1. The molecular weight excluding hydrogens is 585 g/mol. The van der Waals surface area contributed by atoms with Gasteiger partial charge in [0.05, 0.1) is 27.7 Å². The maximum atomic E-state index is 14.1. The fourth-order valence-corrected chi connectivity index (χ4v) is 5.93. The molecule has 220 valence electrons. The van der Waals surface area contributed by atoms with Gasteiger partial charge in [0, 0.05) is 12.6 Å². The molecule has 0 fully saturated rings. The first-order valence-electron chi connectivity index (χ1n) is 13.1.